The molecular formula is C23H16ClF3N2S. The molecule has 1 heterocycles. The second-order valence-corrected chi connectivity index (χ2v) is 8.41. The van der Waals surface area contributed by atoms with Gasteiger partial charge < -0.3 is 0 Å². The summed E-state index contributed by atoms with van der Waals surface area (Å²) in [7, 11) is 0. The summed E-state index contributed by atoms with van der Waals surface area (Å²) in [6.07, 6.45) is 0. The number of hydrogen-bond donors (Lipinski definition) is 0. The van der Waals surface area contributed by atoms with Crippen molar-refractivity contribution in [3.63, 3.8) is 0 Å². The Morgan fingerprint density at radius 1 is 0.867 bits per heavy atom. The van der Waals surface area contributed by atoms with Crippen LogP contribution in [0.3, 0.4) is 0 Å². The van der Waals surface area contributed by atoms with Crippen molar-refractivity contribution in [2.24, 2.45) is 0 Å². The van der Waals surface area contributed by atoms with E-state index in [4.69, 9.17) is 16.6 Å². The highest BCUT2D eigenvalue weighted by Gasteiger charge is 2.31. The molecule has 0 aliphatic carbocycles. The average Bonchev–Trinajstić information content (AvgIpc) is 2.67. The molecule has 0 saturated heterocycles. The van der Waals surface area contributed by atoms with Crippen molar-refractivity contribution >= 4 is 34.3 Å². The zero-order valence-electron chi connectivity index (χ0n) is 16.1. The van der Waals surface area contributed by atoms with Crippen LogP contribution in [-0.4, -0.2) is 15.5 Å². The van der Waals surface area contributed by atoms with Gasteiger partial charge in [0.25, 0.3) is 0 Å². The van der Waals surface area contributed by atoms with E-state index in [2.05, 4.69) is 4.98 Å². The topological polar surface area (TPSA) is 25.8 Å². The van der Waals surface area contributed by atoms with Crippen LogP contribution in [0.25, 0.3) is 33.5 Å². The molecule has 1 aromatic heterocycles. The SMILES string of the molecule is Cc1ccccc1-c1nc(-c2c(C)cccc2SC(F)(F)F)nc2ccc(Cl)cc12. The van der Waals surface area contributed by atoms with Gasteiger partial charge in [-0.3, -0.25) is 0 Å². The number of halogens is 4. The van der Waals surface area contributed by atoms with Gasteiger partial charge in [-0.2, -0.15) is 13.2 Å². The van der Waals surface area contributed by atoms with Crippen molar-refractivity contribution in [3.05, 3.63) is 76.8 Å². The van der Waals surface area contributed by atoms with Crippen LogP contribution >= 0.6 is 23.4 Å². The number of hydrogen-bond acceptors (Lipinski definition) is 3. The summed E-state index contributed by atoms with van der Waals surface area (Å²) < 4.78 is 39.5. The van der Waals surface area contributed by atoms with Crippen LogP contribution in [0.1, 0.15) is 11.1 Å². The van der Waals surface area contributed by atoms with Crippen molar-refractivity contribution in [1.29, 1.82) is 0 Å². The molecule has 30 heavy (non-hydrogen) atoms. The van der Waals surface area contributed by atoms with Gasteiger partial charge in [-0.25, -0.2) is 9.97 Å². The third-order valence-corrected chi connectivity index (χ3v) is 5.77. The van der Waals surface area contributed by atoms with Gasteiger partial charge >= 0.3 is 5.51 Å². The van der Waals surface area contributed by atoms with Crippen LogP contribution in [0, 0.1) is 13.8 Å². The molecule has 0 aliphatic rings. The molecule has 0 aliphatic heterocycles. The van der Waals surface area contributed by atoms with E-state index in [0.717, 1.165) is 16.5 Å². The third kappa shape index (κ3) is 4.16. The van der Waals surface area contributed by atoms with Gasteiger partial charge in [-0.1, -0.05) is 48.0 Å². The number of thioether (sulfide) groups is 1. The smallest absolute Gasteiger partial charge is 0.228 e. The molecule has 3 aromatic carbocycles. The number of fused-ring (bicyclic) bond motifs is 1. The fraction of sp³-hybridized carbons (Fsp3) is 0.130. The minimum atomic E-state index is -4.41. The summed E-state index contributed by atoms with van der Waals surface area (Å²) in [4.78, 5) is 9.42. The molecule has 0 atom stereocenters. The fourth-order valence-electron chi connectivity index (χ4n) is 3.39. The van der Waals surface area contributed by atoms with Crippen molar-refractivity contribution in [2.45, 2.75) is 24.3 Å². The van der Waals surface area contributed by atoms with Crippen LogP contribution in [-0.2, 0) is 0 Å². The predicted molar refractivity (Wildman–Crippen MR) is 117 cm³/mol. The Labute approximate surface area is 181 Å². The number of benzene rings is 3. The highest BCUT2D eigenvalue weighted by Crippen LogP contribution is 2.43. The van der Waals surface area contributed by atoms with Gasteiger partial charge in [0.05, 0.1) is 11.2 Å². The molecular weight excluding hydrogens is 429 g/mol. The van der Waals surface area contributed by atoms with Crippen LogP contribution in [0.2, 0.25) is 5.02 Å². The summed E-state index contributed by atoms with van der Waals surface area (Å²) >= 11 is 6.06. The number of rotatable bonds is 3. The van der Waals surface area contributed by atoms with Crippen molar-refractivity contribution < 1.29 is 13.2 Å². The maximum Gasteiger partial charge on any atom is 0.446 e. The summed E-state index contributed by atoms with van der Waals surface area (Å²) in [6.45, 7) is 3.73. The first-order valence-corrected chi connectivity index (χ1v) is 10.3. The lowest BCUT2D eigenvalue weighted by atomic mass is 10.0. The monoisotopic (exact) mass is 444 g/mol. The molecule has 0 bridgehead atoms. The molecule has 0 saturated carbocycles. The Morgan fingerprint density at radius 2 is 1.60 bits per heavy atom. The van der Waals surface area contributed by atoms with Gasteiger partial charge in [0, 0.05) is 26.4 Å². The molecule has 0 spiro atoms. The Balaban J connectivity index is 2.04. The third-order valence-electron chi connectivity index (χ3n) is 4.74. The van der Waals surface area contributed by atoms with Crippen LogP contribution in [0.15, 0.2) is 65.6 Å². The molecule has 0 fully saturated rings. The molecule has 0 N–H and O–H groups in total. The minimum Gasteiger partial charge on any atom is -0.228 e. The molecule has 0 radical (unpaired) electrons. The lowest BCUT2D eigenvalue weighted by Gasteiger charge is -2.15. The second-order valence-electron chi connectivity index (χ2n) is 6.87. The van der Waals surface area contributed by atoms with E-state index in [-0.39, 0.29) is 22.5 Å². The Hall–Kier alpha value is -2.57. The largest absolute Gasteiger partial charge is 0.446 e. The molecule has 0 unspecified atom stereocenters. The van der Waals surface area contributed by atoms with Gasteiger partial charge in [0.1, 0.15) is 0 Å². The van der Waals surface area contributed by atoms with E-state index >= 15 is 0 Å². The Morgan fingerprint density at radius 3 is 2.33 bits per heavy atom. The molecule has 7 heteroatoms. The zero-order chi connectivity index (χ0) is 21.5. The molecule has 152 valence electrons. The molecule has 0 amide bonds. The molecule has 4 aromatic rings. The first-order valence-electron chi connectivity index (χ1n) is 9.12. The van der Waals surface area contributed by atoms with Gasteiger partial charge in [0.2, 0.25) is 0 Å². The lowest BCUT2D eigenvalue weighted by Crippen LogP contribution is -2.03. The van der Waals surface area contributed by atoms with E-state index in [1.165, 1.54) is 6.07 Å². The summed E-state index contributed by atoms with van der Waals surface area (Å²) in [5.41, 5.74) is -0.216. The predicted octanol–water partition coefficient (Wildman–Crippen LogP) is 7.85. The number of aryl methyl sites for hydroxylation is 2. The summed E-state index contributed by atoms with van der Waals surface area (Å²) in [6, 6.07) is 17.8. The number of nitrogens with zero attached hydrogens (tertiary/aromatic N) is 2. The van der Waals surface area contributed by atoms with E-state index in [9.17, 15) is 13.2 Å². The zero-order valence-corrected chi connectivity index (χ0v) is 17.7. The maximum atomic E-state index is 13.2. The standard InChI is InChI=1S/C23H16ClF3N2S/c1-13-6-3-4-8-16(13)21-17-12-15(24)10-11-18(17)28-22(29-21)20-14(2)7-5-9-19(20)30-23(25,26)27/h3-12H,1-2H3. The van der Waals surface area contributed by atoms with E-state index in [1.807, 2.05) is 31.2 Å². The van der Waals surface area contributed by atoms with E-state index in [0.29, 0.717) is 27.4 Å². The normalized spacial score (nSPS) is 11.8. The van der Waals surface area contributed by atoms with Crippen LogP contribution in [0.5, 0.6) is 0 Å². The summed E-state index contributed by atoms with van der Waals surface area (Å²) in [5, 5.41) is 1.29. The highest BCUT2D eigenvalue weighted by atomic mass is 35.5. The number of alkyl halides is 3. The molecule has 2 nitrogen and oxygen atoms in total. The first-order chi connectivity index (χ1) is 14.2. The second kappa shape index (κ2) is 7.93. The van der Waals surface area contributed by atoms with E-state index in [1.54, 1.807) is 37.3 Å². The average molecular weight is 445 g/mol. The Kier molecular flexibility index (Phi) is 5.47. The van der Waals surface area contributed by atoms with E-state index < -0.39 is 5.51 Å². The fourth-order valence-corrected chi connectivity index (χ4v) is 4.32. The van der Waals surface area contributed by atoms with Gasteiger partial charge in [0.15, 0.2) is 5.82 Å². The van der Waals surface area contributed by atoms with Crippen LogP contribution < -0.4 is 0 Å². The maximum absolute atomic E-state index is 13.2. The molecule has 4 rings (SSSR count). The lowest BCUT2D eigenvalue weighted by molar-refractivity contribution is -0.0328. The van der Waals surface area contributed by atoms with Gasteiger partial charge in [-0.05, 0) is 61.0 Å². The van der Waals surface area contributed by atoms with Crippen molar-refractivity contribution in [3.8, 4) is 22.6 Å². The highest BCUT2D eigenvalue weighted by molar-refractivity contribution is 8.00. The van der Waals surface area contributed by atoms with Crippen LogP contribution in [0.4, 0.5) is 13.2 Å². The minimum absolute atomic E-state index is 0.0755. The first kappa shape index (κ1) is 20.7. The quantitative estimate of drug-likeness (QED) is 0.301. The Bertz CT molecular complexity index is 1260. The summed E-state index contributed by atoms with van der Waals surface area (Å²) in [5.74, 6) is 0.257. The van der Waals surface area contributed by atoms with Crippen molar-refractivity contribution in [2.75, 3.05) is 0 Å². The number of aromatic nitrogens is 2. The van der Waals surface area contributed by atoms with Gasteiger partial charge in [-0.15, -0.1) is 0 Å². The van der Waals surface area contributed by atoms with Crippen molar-refractivity contribution in [1.82, 2.24) is 9.97 Å².